The van der Waals surface area contributed by atoms with Crippen molar-refractivity contribution in [2.45, 2.75) is 43.4 Å². The molecule has 0 spiro atoms. The maximum Gasteiger partial charge on any atom is 0.411 e. The van der Waals surface area contributed by atoms with Gasteiger partial charge in [0.25, 0.3) is 0 Å². The lowest BCUT2D eigenvalue weighted by molar-refractivity contribution is 0.0406. The highest BCUT2D eigenvalue weighted by Gasteiger charge is 2.68. The van der Waals surface area contributed by atoms with Crippen molar-refractivity contribution in [3.63, 3.8) is 0 Å². The maximum absolute atomic E-state index is 12.1. The molecule has 0 bridgehead atoms. The third-order valence-electron chi connectivity index (χ3n) is 4.61. The SMILES string of the molecule is O=C1O[C@@H](CCO)[C@@H]2[C@H]3O[C@H]3[C@@H](COCc3ccccc3)N12. The zero-order chi connectivity index (χ0) is 15.1. The molecule has 5 atom stereocenters. The third kappa shape index (κ3) is 2.27. The number of fused-ring (bicyclic) bond motifs is 3. The molecule has 1 aromatic rings. The first kappa shape index (κ1) is 14.0. The van der Waals surface area contributed by atoms with Crippen LogP contribution in [0.5, 0.6) is 0 Å². The molecule has 0 unspecified atom stereocenters. The van der Waals surface area contributed by atoms with Gasteiger partial charge in [0.15, 0.2) is 0 Å². The lowest BCUT2D eigenvalue weighted by atomic mass is 10.1. The van der Waals surface area contributed by atoms with E-state index in [2.05, 4.69) is 0 Å². The van der Waals surface area contributed by atoms with E-state index >= 15 is 0 Å². The molecule has 0 aromatic heterocycles. The number of aliphatic hydroxyl groups excluding tert-OH is 1. The van der Waals surface area contributed by atoms with E-state index in [-0.39, 0.29) is 43.1 Å². The summed E-state index contributed by atoms with van der Waals surface area (Å²) in [7, 11) is 0. The summed E-state index contributed by atoms with van der Waals surface area (Å²) in [5, 5.41) is 9.09. The number of carbonyl (C=O) groups excluding carboxylic acids is 1. The van der Waals surface area contributed by atoms with Gasteiger partial charge in [-0.25, -0.2) is 4.79 Å². The third-order valence-corrected chi connectivity index (χ3v) is 4.61. The Morgan fingerprint density at radius 3 is 2.82 bits per heavy atom. The van der Waals surface area contributed by atoms with E-state index in [0.717, 1.165) is 5.56 Å². The summed E-state index contributed by atoms with van der Waals surface area (Å²) in [4.78, 5) is 13.8. The summed E-state index contributed by atoms with van der Waals surface area (Å²) >= 11 is 0. The summed E-state index contributed by atoms with van der Waals surface area (Å²) in [5.41, 5.74) is 1.10. The monoisotopic (exact) mass is 305 g/mol. The molecule has 0 saturated carbocycles. The van der Waals surface area contributed by atoms with Crippen LogP contribution >= 0.6 is 0 Å². The number of epoxide rings is 1. The van der Waals surface area contributed by atoms with Crippen LogP contribution in [-0.2, 0) is 20.8 Å². The minimum absolute atomic E-state index is 0.00878. The Bertz CT molecular complexity index is 551. The highest BCUT2D eigenvalue weighted by molar-refractivity contribution is 5.72. The van der Waals surface area contributed by atoms with Gasteiger partial charge >= 0.3 is 6.09 Å². The molecule has 3 saturated heterocycles. The summed E-state index contributed by atoms with van der Waals surface area (Å²) < 4.78 is 16.8. The zero-order valence-corrected chi connectivity index (χ0v) is 12.1. The fraction of sp³-hybridized carbons (Fsp3) is 0.562. The number of hydrogen-bond acceptors (Lipinski definition) is 5. The first-order chi connectivity index (χ1) is 10.8. The number of nitrogens with zero attached hydrogens (tertiary/aromatic N) is 1. The number of morpholine rings is 1. The van der Waals surface area contributed by atoms with E-state index in [1.54, 1.807) is 4.90 Å². The van der Waals surface area contributed by atoms with E-state index < -0.39 is 0 Å². The first-order valence-electron chi connectivity index (χ1n) is 7.66. The second kappa shape index (κ2) is 5.53. The molecule has 22 heavy (non-hydrogen) atoms. The molecule has 1 amide bonds. The van der Waals surface area contributed by atoms with Gasteiger partial charge in [-0.15, -0.1) is 0 Å². The summed E-state index contributed by atoms with van der Waals surface area (Å²) in [6, 6.07) is 9.77. The lowest BCUT2D eigenvalue weighted by Gasteiger charge is -2.25. The predicted molar refractivity (Wildman–Crippen MR) is 76.1 cm³/mol. The van der Waals surface area contributed by atoms with Gasteiger partial charge in [-0.2, -0.15) is 0 Å². The minimum atomic E-state index is -0.312. The molecule has 1 N–H and O–H groups in total. The molecule has 0 aliphatic carbocycles. The van der Waals surface area contributed by atoms with Crippen molar-refractivity contribution in [1.82, 2.24) is 4.90 Å². The summed E-state index contributed by atoms with van der Waals surface area (Å²) in [5.74, 6) is 0. The van der Waals surface area contributed by atoms with Gasteiger partial charge in [-0.3, -0.25) is 4.90 Å². The number of ether oxygens (including phenoxy) is 3. The maximum atomic E-state index is 12.1. The van der Waals surface area contributed by atoms with Gasteiger partial charge in [0.1, 0.15) is 24.4 Å². The molecule has 3 fully saturated rings. The summed E-state index contributed by atoms with van der Waals surface area (Å²) in [6.45, 7) is 0.963. The molecule has 3 heterocycles. The van der Waals surface area contributed by atoms with Crippen LogP contribution in [0.1, 0.15) is 12.0 Å². The van der Waals surface area contributed by atoms with Crippen molar-refractivity contribution in [2.75, 3.05) is 13.2 Å². The standard InChI is InChI=1S/C16H19NO5/c18-7-6-12-13-15-14(22-15)11(17(13)16(19)21-12)9-20-8-10-4-2-1-3-5-10/h1-5,11-15,18H,6-9H2/t11-,12+,13-,14+,15-/m1/s1. The molecule has 1 aromatic carbocycles. The molecule has 3 aliphatic rings. The second-order valence-electron chi connectivity index (χ2n) is 5.97. The van der Waals surface area contributed by atoms with Crippen LogP contribution < -0.4 is 0 Å². The lowest BCUT2D eigenvalue weighted by Crippen LogP contribution is -2.44. The van der Waals surface area contributed by atoms with Crippen molar-refractivity contribution in [1.29, 1.82) is 0 Å². The Labute approximate surface area is 128 Å². The molecular weight excluding hydrogens is 286 g/mol. The Hall–Kier alpha value is -1.63. The molecule has 0 radical (unpaired) electrons. The molecule has 3 aliphatic heterocycles. The molecule has 6 nitrogen and oxygen atoms in total. The number of cyclic esters (lactones) is 1. The van der Waals surface area contributed by atoms with Crippen LogP contribution in [0.2, 0.25) is 0 Å². The van der Waals surface area contributed by atoms with Crippen LogP contribution in [0.25, 0.3) is 0 Å². The smallest absolute Gasteiger partial charge is 0.411 e. The van der Waals surface area contributed by atoms with E-state index in [1.165, 1.54) is 0 Å². The van der Waals surface area contributed by atoms with Crippen LogP contribution in [0.3, 0.4) is 0 Å². The Balaban J connectivity index is 1.38. The van der Waals surface area contributed by atoms with Gasteiger partial charge in [-0.1, -0.05) is 30.3 Å². The quantitative estimate of drug-likeness (QED) is 0.792. The van der Waals surface area contributed by atoms with Crippen LogP contribution in [0, 0.1) is 0 Å². The highest BCUT2D eigenvalue weighted by atomic mass is 16.6. The number of aliphatic hydroxyl groups is 1. The Kier molecular flexibility index (Phi) is 3.52. The predicted octanol–water partition coefficient (Wildman–Crippen LogP) is 0.925. The molecule has 4 rings (SSSR count). The van der Waals surface area contributed by atoms with Crippen molar-refractivity contribution in [2.24, 2.45) is 0 Å². The molecule has 118 valence electrons. The number of rotatable bonds is 6. The van der Waals surface area contributed by atoms with Crippen molar-refractivity contribution >= 4 is 6.09 Å². The van der Waals surface area contributed by atoms with E-state index in [1.807, 2.05) is 30.3 Å². The normalized spacial score (nSPS) is 35.2. The van der Waals surface area contributed by atoms with E-state index in [0.29, 0.717) is 19.6 Å². The average molecular weight is 305 g/mol. The van der Waals surface area contributed by atoms with Gasteiger partial charge in [-0.05, 0) is 5.56 Å². The first-order valence-corrected chi connectivity index (χ1v) is 7.66. The van der Waals surface area contributed by atoms with E-state index in [9.17, 15) is 4.79 Å². The van der Waals surface area contributed by atoms with E-state index in [4.69, 9.17) is 19.3 Å². The van der Waals surface area contributed by atoms with Gasteiger partial charge < -0.3 is 19.3 Å². The fourth-order valence-corrected chi connectivity index (χ4v) is 3.57. The van der Waals surface area contributed by atoms with Crippen molar-refractivity contribution in [3.05, 3.63) is 35.9 Å². The topological polar surface area (TPSA) is 71.5 Å². The van der Waals surface area contributed by atoms with Crippen molar-refractivity contribution in [3.8, 4) is 0 Å². The second-order valence-corrected chi connectivity index (χ2v) is 5.97. The summed E-state index contributed by atoms with van der Waals surface area (Å²) in [6.07, 6.45) is -0.0424. The largest absolute Gasteiger partial charge is 0.444 e. The number of amides is 1. The number of benzene rings is 1. The zero-order valence-electron chi connectivity index (χ0n) is 12.1. The minimum Gasteiger partial charge on any atom is -0.444 e. The van der Waals surface area contributed by atoms with Gasteiger partial charge in [0, 0.05) is 13.0 Å². The molecular formula is C16H19NO5. The number of hydrogen-bond donors (Lipinski definition) is 1. The van der Waals surface area contributed by atoms with Crippen LogP contribution in [-0.4, -0.2) is 59.7 Å². The fourth-order valence-electron chi connectivity index (χ4n) is 3.57. The van der Waals surface area contributed by atoms with Crippen molar-refractivity contribution < 1.29 is 24.1 Å². The molecule has 6 heteroatoms. The van der Waals surface area contributed by atoms with Gasteiger partial charge in [0.05, 0.1) is 19.3 Å². The Morgan fingerprint density at radius 1 is 1.23 bits per heavy atom. The average Bonchev–Trinajstić information content (AvgIpc) is 3.15. The number of carbonyl (C=O) groups is 1. The van der Waals surface area contributed by atoms with Gasteiger partial charge in [0.2, 0.25) is 0 Å². The van der Waals surface area contributed by atoms with Crippen LogP contribution in [0.4, 0.5) is 4.79 Å². The van der Waals surface area contributed by atoms with Crippen LogP contribution in [0.15, 0.2) is 30.3 Å². The highest BCUT2D eigenvalue weighted by Crippen LogP contribution is 2.47. The Morgan fingerprint density at radius 2 is 2.05 bits per heavy atom.